The fraction of sp³-hybridized carbons (Fsp3) is 0. The number of halogens is 2. The van der Waals surface area contributed by atoms with E-state index in [2.05, 4.69) is 52.0 Å². The molecule has 4 N–H and O–H groups in total. The van der Waals surface area contributed by atoms with Crippen LogP contribution in [0.3, 0.4) is 0 Å². The SMILES string of the molecule is NNc1ncc(Br)cc1S(=O)(=O)Nc1ncc(Br)s1. The van der Waals surface area contributed by atoms with E-state index in [9.17, 15) is 8.42 Å². The third-order valence-corrected chi connectivity index (χ3v) is 5.25. The standard InChI is InChI=1S/C8H7Br2N5O2S2/c9-4-1-5(7(14-11)12-2-4)19(16,17)15-8-13-3-6(10)18-8/h1-3H,11H2,(H,12,14)(H,13,15). The van der Waals surface area contributed by atoms with E-state index < -0.39 is 10.0 Å². The van der Waals surface area contributed by atoms with Crippen molar-refractivity contribution in [3.8, 4) is 0 Å². The highest BCUT2D eigenvalue weighted by Gasteiger charge is 2.21. The molecule has 7 nitrogen and oxygen atoms in total. The van der Waals surface area contributed by atoms with E-state index in [1.807, 2.05) is 0 Å². The van der Waals surface area contributed by atoms with Crippen LogP contribution in [0, 0.1) is 0 Å². The smallest absolute Gasteiger partial charge is 0.267 e. The van der Waals surface area contributed by atoms with Gasteiger partial charge in [-0.2, -0.15) is 0 Å². The monoisotopic (exact) mass is 427 g/mol. The minimum absolute atomic E-state index is 0.0475. The Bertz CT molecular complexity index is 703. The molecule has 2 aromatic rings. The van der Waals surface area contributed by atoms with Crippen molar-refractivity contribution in [2.75, 3.05) is 10.1 Å². The van der Waals surface area contributed by atoms with Crippen LogP contribution in [-0.4, -0.2) is 18.4 Å². The number of hydrazine groups is 1. The van der Waals surface area contributed by atoms with E-state index in [0.717, 1.165) is 15.1 Å². The van der Waals surface area contributed by atoms with Gasteiger partial charge < -0.3 is 5.43 Å². The molecule has 0 bridgehead atoms. The summed E-state index contributed by atoms with van der Waals surface area (Å²) in [5.41, 5.74) is 2.24. The molecule has 0 radical (unpaired) electrons. The van der Waals surface area contributed by atoms with Crippen LogP contribution in [0.25, 0.3) is 0 Å². The molecule has 0 aliphatic heterocycles. The van der Waals surface area contributed by atoms with Gasteiger partial charge in [-0.3, -0.25) is 4.72 Å². The molecule has 2 rings (SSSR count). The first-order valence-electron chi connectivity index (χ1n) is 4.68. The summed E-state index contributed by atoms with van der Waals surface area (Å²) in [5.74, 6) is 5.30. The number of nitrogens with one attached hydrogen (secondary N) is 2. The second-order valence-electron chi connectivity index (χ2n) is 3.22. The Morgan fingerprint density at radius 2 is 2.00 bits per heavy atom. The van der Waals surface area contributed by atoms with Gasteiger partial charge >= 0.3 is 0 Å². The molecule has 0 spiro atoms. The van der Waals surface area contributed by atoms with Crippen molar-refractivity contribution >= 4 is 64.2 Å². The number of nitrogens with zero attached hydrogens (tertiary/aromatic N) is 2. The van der Waals surface area contributed by atoms with Gasteiger partial charge in [0, 0.05) is 10.7 Å². The zero-order valence-electron chi connectivity index (χ0n) is 9.09. The Kier molecular flexibility index (Phi) is 4.40. The van der Waals surface area contributed by atoms with Gasteiger partial charge in [-0.15, -0.1) is 0 Å². The molecular formula is C8H7Br2N5O2S2. The van der Waals surface area contributed by atoms with Gasteiger partial charge in [0.05, 0.1) is 9.98 Å². The lowest BCUT2D eigenvalue weighted by Gasteiger charge is -2.09. The highest BCUT2D eigenvalue weighted by molar-refractivity contribution is 9.11. The molecule has 102 valence electrons. The van der Waals surface area contributed by atoms with Gasteiger partial charge in [0.1, 0.15) is 4.90 Å². The predicted octanol–water partition coefficient (Wildman–Crippen LogP) is 2.15. The lowest BCUT2D eigenvalue weighted by molar-refractivity contribution is 0.601. The average molecular weight is 429 g/mol. The van der Waals surface area contributed by atoms with Crippen molar-refractivity contribution in [1.29, 1.82) is 0 Å². The fourth-order valence-electron chi connectivity index (χ4n) is 1.21. The normalized spacial score (nSPS) is 11.3. The van der Waals surface area contributed by atoms with Crippen LogP contribution in [0.2, 0.25) is 0 Å². The Labute approximate surface area is 129 Å². The molecule has 0 saturated carbocycles. The minimum Gasteiger partial charge on any atom is -0.307 e. The molecule has 0 aromatic carbocycles. The molecule has 0 aliphatic rings. The van der Waals surface area contributed by atoms with Crippen molar-refractivity contribution in [3.63, 3.8) is 0 Å². The van der Waals surface area contributed by atoms with E-state index in [1.54, 1.807) is 0 Å². The van der Waals surface area contributed by atoms with Crippen LogP contribution in [0.5, 0.6) is 0 Å². The molecule has 11 heteroatoms. The van der Waals surface area contributed by atoms with Gasteiger partial charge in [-0.25, -0.2) is 24.2 Å². The van der Waals surface area contributed by atoms with Crippen molar-refractivity contribution < 1.29 is 8.42 Å². The second kappa shape index (κ2) is 5.71. The van der Waals surface area contributed by atoms with Crippen molar-refractivity contribution in [2.24, 2.45) is 5.84 Å². The number of nitrogens with two attached hydrogens (primary N) is 1. The Balaban J connectivity index is 2.41. The minimum atomic E-state index is -3.82. The highest BCUT2D eigenvalue weighted by atomic mass is 79.9. The van der Waals surface area contributed by atoms with Crippen LogP contribution in [0.1, 0.15) is 0 Å². The largest absolute Gasteiger partial charge is 0.307 e. The third kappa shape index (κ3) is 3.42. The van der Waals surface area contributed by atoms with Gasteiger partial charge in [0.25, 0.3) is 10.0 Å². The number of rotatable bonds is 4. The molecule has 19 heavy (non-hydrogen) atoms. The summed E-state index contributed by atoms with van der Waals surface area (Å²) in [5, 5.41) is 0.245. The Hall–Kier alpha value is -0.750. The van der Waals surface area contributed by atoms with Crippen LogP contribution >= 0.6 is 43.2 Å². The van der Waals surface area contributed by atoms with Crippen molar-refractivity contribution in [1.82, 2.24) is 9.97 Å². The lowest BCUT2D eigenvalue weighted by Crippen LogP contribution is -2.18. The molecule has 0 atom stereocenters. The predicted molar refractivity (Wildman–Crippen MR) is 80.4 cm³/mol. The number of sulfonamides is 1. The third-order valence-electron chi connectivity index (χ3n) is 1.94. The summed E-state index contributed by atoms with van der Waals surface area (Å²) in [7, 11) is -3.82. The first-order valence-corrected chi connectivity index (χ1v) is 8.57. The summed E-state index contributed by atoms with van der Waals surface area (Å²) < 4.78 is 28.0. The Morgan fingerprint density at radius 3 is 2.58 bits per heavy atom. The summed E-state index contributed by atoms with van der Waals surface area (Å²) in [6.45, 7) is 0. The molecule has 0 saturated heterocycles. The maximum Gasteiger partial charge on any atom is 0.267 e. The molecule has 0 amide bonds. The number of thiazole rings is 1. The van der Waals surface area contributed by atoms with E-state index in [0.29, 0.717) is 4.47 Å². The first kappa shape index (κ1) is 14.7. The van der Waals surface area contributed by atoms with Gasteiger partial charge in [-0.05, 0) is 37.9 Å². The molecule has 0 aliphatic carbocycles. The molecule has 2 aromatic heterocycles. The number of anilines is 2. The van der Waals surface area contributed by atoms with Crippen molar-refractivity contribution in [3.05, 3.63) is 26.7 Å². The lowest BCUT2D eigenvalue weighted by atomic mass is 10.5. The quantitative estimate of drug-likeness (QED) is 0.508. The van der Waals surface area contributed by atoms with E-state index >= 15 is 0 Å². The van der Waals surface area contributed by atoms with Gasteiger partial charge in [0.2, 0.25) is 0 Å². The summed E-state index contributed by atoms with van der Waals surface area (Å²) >= 11 is 7.53. The number of pyridine rings is 1. The molecule has 0 unspecified atom stereocenters. The summed E-state index contributed by atoms with van der Waals surface area (Å²) in [6, 6.07) is 1.40. The average Bonchev–Trinajstić information content (AvgIpc) is 2.74. The fourth-order valence-corrected chi connectivity index (χ4v) is 4.18. The topological polar surface area (TPSA) is 110 Å². The van der Waals surface area contributed by atoms with Crippen LogP contribution in [-0.2, 0) is 10.0 Å². The summed E-state index contributed by atoms with van der Waals surface area (Å²) in [4.78, 5) is 7.71. The highest BCUT2D eigenvalue weighted by Crippen LogP contribution is 2.28. The zero-order valence-corrected chi connectivity index (χ0v) is 13.9. The maximum absolute atomic E-state index is 12.2. The number of aromatic nitrogens is 2. The van der Waals surface area contributed by atoms with Crippen LogP contribution in [0.4, 0.5) is 10.9 Å². The number of hydrogen-bond donors (Lipinski definition) is 3. The van der Waals surface area contributed by atoms with Crippen molar-refractivity contribution in [2.45, 2.75) is 4.90 Å². The second-order valence-corrected chi connectivity index (χ2v) is 8.20. The Morgan fingerprint density at radius 1 is 1.26 bits per heavy atom. The zero-order chi connectivity index (χ0) is 14.0. The number of nitrogen functional groups attached to an aromatic ring is 1. The molecular weight excluding hydrogens is 422 g/mol. The number of hydrogen-bond acceptors (Lipinski definition) is 7. The van der Waals surface area contributed by atoms with E-state index in [1.165, 1.54) is 18.5 Å². The van der Waals surface area contributed by atoms with Gasteiger partial charge in [0.15, 0.2) is 10.9 Å². The van der Waals surface area contributed by atoms with E-state index in [4.69, 9.17) is 5.84 Å². The van der Waals surface area contributed by atoms with Crippen LogP contribution < -0.4 is 16.0 Å². The maximum atomic E-state index is 12.2. The van der Waals surface area contributed by atoms with E-state index in [-0.39, 0.29) is 15.8 Å². The molecule has 0 fully saturated rings. The van der Waals surface area contributed by atoms with Gasteiger partial charge in [-0.1, -0.05) is 11.3 Å². The molecule has 2 heterocycles. The first-order chi connectivity index (χ1) is 8.92. The van der Waals surface area contributed by atoms with Crippen LogP contribution in [0.15, 0.2) is 31.6 Å². The summed E-state index contributed by atoms with van der Waals surface area (Å²) in [6.07, 6.45) is 2.94.